The van der Waals surface area contributed by atoms with Crippen molar-refractivity contribution in [3.63, 3.8) is 0 Å². The van der Waals surface area contributed by atoms with E-state index in [1.54, 1.807) is 24.3 Å². The van der Waals surface area contributed by atoms with E-state index in [1.165, 1.54) is 46.5 Å². The third kappa shape index (κ3) is 5.64. The molecule has 1 aliphatic rings. The van der Waals surface area contributed by atoms with Crippen LogP contribution in [0, 0.1) is 6.92 Å². The molecule has 39 heavy (non-hydrogen) atoms. The second-order valence-corrected chi connectivity index (χ2v) is 11.8. The van der Waals surface area contributed by atoms with Crippen LogP contribution in [-0.4, -0.2) is 31.1 Å². The number of hydrogen-bond acceptors (Lipinski definition) is 6. The van der Waals surface area contributed by atoms with Crippen molar-refractivity contribution in [1.82, 2.24) is 10.3 Å². The second-order valence-electron chi connectivity index (χ2n) is 10.2. The van der Waals surface area contributed by atoms with Crippen molar-refractivity contribution in [3.05, 3.63) is 104 Å². The molecule has 3 N–H and O–H groups in total. The number of aromatic nitrogens is 1. The summed E-state index contributed by atoms with van der Waals surface area (Å²) in [6, 6.07) is 17.3. The standard InChI is InChI=1S/C31H34N2O5S/c1-4-20-14-22-16-24(17-23(22)15-21(20)5-2)32-18-28(34)26-10-12-29(31-27(26)11-13-30(35)33-31)38-39(36,37)25-8-6-19(3)7-9-25/h6-15,24,28,32,34H,4-5,16-18H2,1-3H3,(H,33,35). The number of rotatable bonds is 9. The van der Waals surface area contributed by atoms with E-state index in [9.17, 15) is 18.3 Å². The first kappa shape index (κ1) is 27.1. The molecule has 0 fully saturated rings. The minimum absolute atomic E-state index is 0.00289. The maximum Gasteiger partial charge on any atom is 0.339 e. The highest BCUT2D eigenvalue weighted by atomic mass is 32.2. The van der Waals surface area contributed by atoms with Crippen LogP contribution in [0.4, 0.5) is 0 Å². The van der Waals surface area contributed by atoms with Crippen molar-refractivity contribution in [2.24, 2.45) is 0 Å². The van der Waals surface area contributed by atoms with Gasteiger partial charge >= 0.3 is 10.1 Å². The highest BCUT2D eigenvalue weighted by molar-refractivity contribution is 7.87. The second kappa shape index (κ2) is 11.0. The molecule has 7 nitrogen and oxygen atoms in total. The third-order valence-electron chi connectivity index (χ3n) is 7.57. The van der Waals surface area contributed by atoms with E-state index in [2.05, 4.69) is 36.3 Å². The van der Waals surface area contributed by atoms with Gasteiger partial charge < -0.3 is 19.6 Å². The molecular weight excluding hydrogens is 512 g/mol. The van der Waals surface area contributed by atoms with Gasteiger partial charge in [-0.2, -0.15) is 8.42 Å². The molecular formula is C31H34N2O5S. The Kier molecular flexibility index (Phi) is 7.62. The van der Waals surface area contributed by atoms with Crippen LogP contribution in [0.3, 0.4) is 0 Å². The summed E-state index contributed by atoms with van der Waals surface area (Å²) in [6.45, 7) is 6.56. The number of aromatic amines is 1. The van der Waals surface area contributed by atoms with Crippen molar-refractivity contribution in [2.45, 2.75) is 63.5 Å². The number of nitrogens with one attached hydrogen (secondary N) is 2. The molecule has 5 rings (SSSR count). The minimum Gasteiger partial charge on any atom is -0.387 e. The molecule has 204 valence electrons. The van der Waals surface area contributed by atoms with Gasteiger partial charge in [0, 0.05) is 24.0 Å². The van der Waals surface area contributed by atoms with Gasteiger partial charge in [-0.3, -0.25) is 4.79 Å². The molecule has 1 aromatic heterocycles. The Morgan fingerprint density at radius 1 is 0.974 bits per heavy atom. The lowest BCUT2D eigenvalue weighted by Crippen LogP contribution is -2.33. The zero-order chi connectivity index (χ0) is 27.7. The summed E-state index contributed by atoms with van der Waals surface area (Å²) in [5.41, 5.74) is 6.88. The number of benzene rings is 3. The maximum atomic E-state index is 12.9. The fraction of sp³-hybridized carbons (Fsp3) is 0.323. The summed E-state index contributed by atoms with van der Waals surface area (Å²) in [5.74, 6) is -0.00289. The Hall–Kier alpha value is -3.46. The van der Waals surface area contributed by atoms with Gasteiger partial charge in [-0.05, 0) is 84.7 Å². The van der Waals surface area contributed by atoms with Crippen molar-refractivity contribution in [3.8, 4) is 5.75 Å². The number of aryl methyl sites for hydroxylation is 3. The number of fused-ring (bicyclic) bond motifs is 2. The minimum atomic E-state index is -4.12. The Labute approximate surface area is 229 Å². The zero-order valence-electron chi connectivity index (χ0n) is 22.5. The van der Waals surface area contributed by atoms with Gasteiger partial charge in [-0.1, -0.05) is 49.7 Å². The molecule has 1 aliphatic carbocycles. The summed E-state index contributed by atoms with van der Waals surface area (Å²) < 4.78 is 31.3. The molecule has 8 heteroatoms. The topological polar surface area (TPSA) is 108 Å². The summed E-state index contributed by atoms with van der Waals surface area (Å²) in [4.78, 5) is 14.9. The van der Waals surface area contributed by atoms with Gasteiger partial charge in [0.25, 0.3) is 0 Å². The Bertz CT molecular complexity index is 1640. The molecule has 0 saturated carbocycles. The van der Waals surface area contributed by atoms with E-state index in [0.29, 0.717) is 17.5 Å². The van der Waals surface area contributed by atoms with Gasteiger partial charge in [0.05, 0.1) is 11.6 Å². The molecule has 0 amide bonds. The average Bonchev–Trinajstić information content (AvgIpc) is 3.33. The van der Waals surface area contributed by atoms with Crippen LogP contribution in [0.5, 0.6) is 5.75 Å². The SMILES string of the molecule is CCc1cc2c(cc1CC)CC(NCC(O)c1ccc(OS(=O)(=O)c3ccc(C)cc3)c3[nH]c(=O)ccc13)C2. The lowest BCUT2D eigenvalue weighted by atomic mass is 9.97. The Morgan fingerprint density at radius 2 is 1.62 bits per heavy atom. The largest absolute Gasteiger partial charge is 0.387 e. The fourth-order valence-electron chi connectivity index (χ4n) is 5.44. The lowest BCUT2D eigenvalue weighted by Gasteiger charge is -2.19. The van der Waals surface area contributed by atoms with Crippen molar-refractivity contribution >= 4 is 21.0 Å². The van der Waals surface area contributed by atoms with Crippen LogP contribution in [0.2, 0.25) is 0 Å². The molecule has 0 saturated heterocycles. The number of aliphatic hydroxyl groups excluding tert-OH is 1. The molecule has 0 aliphatic heterocycles. The predicted octanol–water partition coefficient (Wildman–Crippen LogP) is 4.52. The summed E-state index contributed by atoms with van der Waals surface area (Å²) in [7, 11) is -4.12. The Balaban J connectivity index is 1.35. The highest BCUT2D eigenvalue weighted by Crippen LogP contribution is 2.32. The van der Waals surface area contributed by atoms with Crippen LogP contribution < -0.4 is 15.1 Å². The van der Waals surface area contributed by atoms with Crippen LogP contribution in [-0.2, 0) is 35.8 Å². The third-order valence-corrected chi connectivity index (χ3v) is 8.82. The lowest BCUT2D eigenvalue weighted by molar-refractivity contribution is 0.171. The van der Waals surface area contributed by atoms with E-state index in [0.717, 1.165) is 31.2 Å². The smallest absolute Gasteiger partial charge is 0.339 e. The molecule has 1 heterocycles. The zero-order valence-corrected chi connectivity index (χ0v) is 23.3. The van der Waals surface area contributed by atoms with Gasteiger partial charge in [-0.25, -0.2) is 0 Å². The summed E-state index contributed by atoms with van der Waals surface area (Å²) in [6.07, 6.45) is 3.00. The molecule has 0 bridgehead atoms. The van der Waals surface area contributed by atoms with Crippen LogP contribution in [0.15, 0.2) is 70.4 Å². The van der Waals surface area contributed by atoms with E-state index in [4.69, 9.17) is 4.18 Å². The number of pyridine rings is 1. The van der Waals surface area contributed by atoms with Crippen molar-refractivity contribution in [1.29, 1.82) is 0 Å². The van der Waals surface area contributed by atoms with Gasteiger partial charge in [-0.15, -0.1) is 0 Å². The first-order valence-electron chi connectivity index (χ1n) is 13.4. The normalized spacial score (nSPS) is 14.5. The van der Waals surface area contributed by atoms with Crippen molar-refractivity contribution in [2.75, 3.05) is 6.54 Å². The Morgan fingerprint density at radius 3 is 2.23 bits per heavy atom. The summed E-state index contributed by atoms with van der Waals surface area (Å²) in [5, 5.41) is 15.2. The van der Waals surface area contributed by atoms with Crippen LogP contribution in [0.25, 0.3) is 10.9 Å². The van der Waals surface area contributed by atoms with Gasteiger partial charge in [0.2, 0.25) is 5.56 Å². The monoisotopic (exact) mass is 546 g/mol. The first-order valence-corrected chi connectivity index (χ1v) is 14.8. The molecule has 0 radical (unpaired) electrons. The van der Waals surface area contributed by atoms with E-state index in [-0.39, 0.29) is 22.2 Å². The van der Waals surface area contributed by atoms with Crippen molar-refractivity contribution < 1.29 is 17.7 Å². The number of hydrogen-bond donors (Lipinski definition) is 3. The quantitative estimate of drug-likeness (QED) is 0.267. The first-order chi connectivity index (χ1) is 18.7. The molecule has 0 spiro atoms. The van der Waals surface area contributed by atoms with Crippen LogP contribution in [0.1, 0.15) is 53.3 Å². The van der Waals surface area contributed by atoms with E-state index >= 15 is 0 Å². The van der Waals surface area contributed by atoms with Gasteiger partial charge in [0.1, 0.15) is 4.90 Å². The fourth-order valence-corrected chi connectivity index (χ4v) is 6.39. The molecule has 1 unspecified atom stereocenters. The number of aliphatic hydroxyl groups is 1. The maximum absolute atomic E-state index is 12.9. The highest BCUT2D eigenvalue weighted by Gasteiger charge is 2.25. The molecule has 4 aromatic rings. The van der Waals surface area contributed by atoms with E-state index < -0.39 is 21.8 Å². The molecule has 3 aromatic carbocycles. The van der Waals surface area contributed by atoms with Crippen LogP contribution >= 0.6 is 0 Å². The molecule has 1 atom stereocenters. The van der Waals surface area contributed by atoms with Gasteiger partial charge in [0.15, 0.2) is 5.75 Å². The number of H-pyrrole nitrogens is 1. The average molecular weight is 547 g/mol. The van der Waals surface area contributed by atoms with E-state index in [1.807, 2.05) is 6.92 Å². The predicted molar refractivity (Wildman–Crippen MR) is 153 cm³/mol. The summed E-state index contributed by atoms with van der Waals surface area (Å²) >= 11 is 0.